The van der Waals surface area contributed by atoms with E-state index in [1.165, 1.54) is 27.5 Å². The van der Waals surface area contributed by atoms with Crippen molar-refractivity contribution in [1.29, 1.82) is 0 Å². The van der Waals surface area contributed by atoms with Gasteiger partial charge in [-0.15, -0.1) is 0 Å². The van der Waals surface area contributed by atoms with Crippen LogP contribution in [0.15, 0.2) is 66.7 Å². The van der Waals surface area contributed by atoms with Crippen molar-refractivity contribution in [2.45, 2.75) is 13.0 Å². The summed E-state index contributed by atoms with van der Waals surface area (Å²) in [5.74, 6) is 0. The molecule has 0 heterocycles. The van der Waals surface area contributed by atoms with E-state index >= 15 is 0 Å². The third kappa shape index (κ3) is 2.25. The van der Waals surface area contributed by atoms with Crippen LogP contribution in [0.2, 0.25) is 0 Å². The normalized spacial score (nSPS) is 12.5. The molecule has 1 atom stereocenters. The van der Waals surface area contributed by atoms with Crippen LogP contribution < -0.4 is 5.73 Å². The SMILES string of the molecule is CC(N)c1ccc(-c2cccc3ccccc23)cc1. The minimum Gasteiger partial charge on any atom is -0.324 e. The Hall–Kier alpha value is -2.12. The van der Waals surface area contributed by atoms with E-state index in [0.29, 0.717) is 0 Å². The lowest BCUT2D eigenvalue weighted by Gasteiger charge is -2.09. The molecule has 19 heavy (non-hydrogen) atoms. The van der Waals surface area contributed by atoms with E-state index in [4.69, 9.17) is 5.73 Å². The highest BCUT2D eigenvalue weighted by molar-refractivity contribution is 5.96. The van der Waals surface area contributed by atoms with E-state index in [2.05, 4.69) is 66.7 Å². The molecule has 0 radical (unpaired) electrons. The summed E-state index contributed by atoms with van der Waals surface area (Å²) in [6.45, 7) is 2.01. The van der Waals surface area contributed by atoms with Crippen LogP contribution in [0.5, 0.6) is 0 Å². The van der Waals surface area contributed by atoms with Crippen LogP contribution >= 0.6 is 0 Å². The predicted molar refractivity (Wildman–Crippen MR) is 82.0 cm³/mol. The van der Waals surface area contributed by atoms with Crippen LogP contribution in [0.25, 0.3) is 21.9 Å². The van der Waals surface area contributed by atoms with E-state index in [1.807, 2.05) is 6.92 Å². The summed E-state index contributed by atoms with van der Waals surface area (Å²) >= 11 is 0. The summed E-state index contributed by atoms with van der Waals surface area (Å²) in [6, 6.07) is 23.5. The lowest BCUT2D eigenvalue weighted by atomic mass is 9.97. The van der Waals surface area contributed by atoms with Crippen molar-refractivity contribution in [2.75, 3.05) is 0 Å². The van der Waals surface area contributed by atoms with E-state index in [0.717, 1.165) is 0 Å². The lowest BCUT2D eigenvalue weighted by Crippen LogP contribution is -2.04. The van der Waals surface area contributed by atoms with E-state index in [-0.39, 0.29) is 6.04 Å². The van der Waals surface area contributed by atoms with Gasteiger partial charge in [0, 0.05) is 6.04 Å². The first kappa shape index (κ1) is 11.9. The Morgan fingerprint density at radius 2 is 1.47 bits per heavy atom. The van der Waals surface area contributed by atoms with Gasteiger partial charge in [0.05, 0.1) is 0 Å². The molecule has 3 aromatic carbocycles. The van der Waals surface area contributed by atoms with Gasteiger partial charge in [-0.3, -0.25) is 0 Å². The molecule has 0 amide bonds. The Bertz CT molecular complexity index is 691. The molecule has 94 valence electrons. The number of benzene rings is 3. The molecule has 2 N–H and O–H groups in total. The van der Waals surface area contributed by atoms with Crippen LogP contribution in [0.1, 0.15) is 18.5 Å². The summed E-state index contributed by atoms with van der Waals surface area (Å²) in [4.78, 5) is 0. The first-order valence-electron chi connectivity index (χ1n) is 6.59. The van der Waals surface area contributed by atoms with Crippen LogP contribution in [0.4, 0.5) is 0 Å². The predicted octanol–water partition coefficient (Wildman–Crippen LogP) is 4.53. The topological polar surface area (TPSA) is 26.0 Å². The van der Waals surface area contributed by atoms with Gasteiger partial charge in [0.1, 0.15) is 0 Å². The van der Waals surface area contributed by atoms with Gasteiger partial charge in [-0.1, -0.05) is 66.7 Å². The molecule has 1 nitrogen and oxygen atoms in total. The maximum Gasteiger partial charge on any atom is 0.0266 e. The van der Waals surface area contributed by atoms with Crippen molar-refractivity contribution in [3.05, 3.63) is 72.3 Å². The first-order chi connectivity index (χ1) is 9.25. The molecular weight excluding hydrogens is 230 g/mol. The van der Waals surface area contributed by atoms with Crippen molar-refractivity contribution in [3.63, 3.8) is 0 Å². The molecule has 0 spiro atoms. The zero-order valence-corrected chi connectivity index (χ0v) is 11.0. The molecule has 0 aliphatic rings. The second-order valence-electron chi connectivity index (χ2n) is 4.94. The summed E-state index contributed by atoms with van der Waals surface area (Å²) in [5, 5.41) is 2.56. The highest BCUT2D eigenvalue weighted by Crippen LogP contribution is 2.29. The molecule has 1 heteroatoms. The molecule has 0 aromatic heterocycles. The third-order valence-corrected chi connectivity index (χ3v) is 3.54. The fourth-order valence-corrected chi connectivity index (χ4v) is 2.44. The molecule has 0 fully saturated rings. The van der Waals surface area contributed by atoms with Crippen molar-refractivity contribution in [3.8, 4) is 11.1 Å². The van der Waals surface area contributed by atoms with Gasteiger partial charge >= 0.3 is 0 Å². The first-order valence-corrected chi connectivity index (χ1v) is 6.59. The van der Waals surface area contributed by atoms with Crippen molar-refractivity contribution in [1.82, 2.24) is 0 Å². The molecule has 3 aromatic rings. The molecule has 0 aliphatic carbocycles. The number of fused-ring (bicyclic) bond motifs is 1. The van der Waals surface area contributed by atoms with Crippen molar-refractivity contribution in [2.24, 2.45) is 5.73 Å². The zero-order chi connectivity index (χ0) is 13.2. The van der Waals surface area contributed by atoms with E-state index < -0.39 is 0 Å². The molecule has 0 bridgehead atoms. The lowest BCUT2D eigenvalue weighted by molar-refractivity contribution is 0.818. The second-order valence-corrected chi connectivity index (χ2v) is 4.94. The largest absolute Gasteiger partial charge is 0.324 e. The van der Waals surface area contributed by atoms with Gasteiger partial charge in [-0.05, 0) is 34.4 Å². The average molecular weight is 247 g/mol. The van der Waals surface area contributed by atoms with Gasteiger partial charge in [-0.2, -0.15) is 0 Å². The quantitative estimate of drug-likeness (QED) is 0.707. The van der Waals surface area contributed by atoms with Gasteiger partial charge < -0.3 is 5.73 Å². The summed E-state index contributed by atoms with van der Waals surface area (Å²) in [5.41, 5.74) is 9.57. The average Bonchev–Trinajstić information content (AvgIpc) is 2.47. The Morgan fingerprint density at radius 1 is 0.789 bits per heavy atom. The van der Waals surface area contributed by atoms with Gasteiger partial charge in [-0.25, -0.2) is 0 Å². The van der Waals surface area contributed by atoms with Crippen molar-refractivity contribution < 1.29 is 0 Å². The van der Waals surface area contributed by atoms with Crippen LogP contribution in [0, 0.1) is 0 Å². The monoisotopic (exact) mass is 247 g/mol. The molecule has 0 aliphatic heterocycles. The number of hydrogen-bond acceptors (Lipinski definition) is 1. The Kier molecular flexibility index (Phi) is 3.06. The Labute approximate surface area is 113 Å². The van der Waals surface area contributed by atoms with Crippen LogP contribution in [0.3, 0.4) is 0 Å². The summed E-state index contributed by atoms with van der Waals surface area (Å²) in [7, 11) is 0. The summed E-state index contributed by atoms with van der Waals surface area (Å²) in [6.07, 6.45) is 0. The molecule has 0 saturated heterocycles. The van der Waals surface area contributed by atoms with Gasteiger partial charge in [0.2, 0.25) is 0 Å². The number of nitrogens with two attached hydrogens (primary N) is 1. The molecule has 1 unspecified atom stereocenters. The number of hydrogen-bond donors (Lipinski definition) is 1. The third-order valence-electron chi connectivity index (χ3n) is 3.54. The van der Waals surface area contributed by atoms with Crippen LogP contribution in [-0.2, 0) is 0 Å². The molecule has 3 rings (SSSR count). The minimum atomic E-state index is 0.0848. The second kappa shape index (κ2) is 4.87. The van der Waals surface area contributed by atoms with E-state index in [1.54, 1.807) is 0 Å². The number of rotatable bonds is 2. The maximum atomic E-state index is 5.89. The van der Waals surface area contributed by atoms with Crippen molar-refractivity contribution >= 4 is 10.8 Å². The standard InChI is InChI=1S/C18H17N/c1-13(19)14-9-11-16(12-10-14)18-8-4-6-15-5-2-3-7-17(15)18/h2-13H,19H2,1H3. The fraction of sp³-hybridized carbons (Fsp3) is 0.111. The molecular formula is C18H17N. The van der Waals surface area contributed by atoms with E-state index in [9.17, 15) is 0 Å². The zero-order valence-electron chi connectivity index (χ0n) is 11.0. The molecule has 0 saturated carbocycles. The minimum absolute atomic E-state index is 0.0848. The van der Waals surface area contributed by atoms with Gasteiger partial charge in [0.15, 0.2) is 0 Å². The maximum absolute atomic E-state index is 5.89. The Morgan fingerprint density at radius 3 is 2.21 bits per heavy atom. The smallest absolute Gasteiger partial charge is 0.0266 e. The highest BCUT2D eigenvalue weighted by Gasteiger charge is 2.04. The highest BCUT2D eigenvalue weighted by atomic mass is 14.6. The van der Waals surface area contributed by atoms with Gasteiger partial charge in [0.25, 0.3) is 0 Å². The Balaban J connectivity index is 2.14. The van der Waals surface area contributed by atoms with Crippen LogP contribution in [-0.4, -0.2) is 0 Å². The fourth-order valence-electron chi connectivity index (χ4n) is 2.44. The summed E-state index contributed by atoms with van der Waals surface area (Å²) < 4.78 is 0.